The number of aliphatic hydroxyl groups excluding tert-OH is 1. The van der Waals surface area contributed by atoms with E-state index in [0.29, 0.717) is 17.9 Å². The Morgan fingerprint density at radius 2 is 1.71 bits per heavy atom. The van der Waals surface area contributed by atoms with E-state index < -0.39 is 0 Å². The van der Waals surface area contributed by atoms with E-state index >= 15 is 0 Å². The summed E-state index contributed by atoms with van der Waals surface area (Å²) in [5, 5.41) is 10.2. The molecule has 3 atom stereocenters. The van der Waals surface area contributed by atoms with Crippen LogP contribution in [0.3, 0.4) is 0 Å². The third-order valence-corrected chi connectivity index (χ3v) is 6.22. The Morgan fingerprint density at radius 3 is 2.38 bits per heavy atom. The van der Waals surface area contributed by atoms with Crippen LogP contribution in [-0.4, -0.2) is 34.6 Å². The predicted molar refractivity (Wildman–Crippen MR) is 83.8 cm³/mol. The summed E-state index contributed by atoms with van der Waals surface area (Å²) in [6.45, 7) is 3.23. The molecule has 0 spiro atoms. The highest BCUT2D eigenvalue weighted by Crippen LogP contribution is 2.37. The number of carbonyl (C=O) groups excluding carboxylic acids is 1. The molecule has 3 nitrogen and oxygen atoms in total. The lowest BCUT2D eigenvalue weighted by Crippen LogP contribution is -2.51. The molecule has 3 fully saturated rings. The predicted octanol–water partition coefficient (Wildman–Crippen LogP) is 3.35. The number of carbonyl (C=O) groups is 1. The topological polar surface area (TPSA) is 40.5 Å². The lowest BCUT2D eigenvalue weighted by molar-refractivity contribution is -0.143. The summed E-state index contributed by atoms with van der Waals surface area (Å²) >= 11 is 0. The smallest absolute Gasteiger partial charge is 0.225 e. The van der Waals surface area contributed by atoms with Crippen molar-refractivity contribution in [3.8, 4) is 0 Å². The molecule has 0 bridgehead atoms. The zero-order chi connectivity index (χ0) is 14.8. The summed E-state index contributed by atoms with van der Waals surface area (Å²) in [5.41, 5.74) is 0. The van der Waals surface area contributed by atoms with Gasteiger partial charge in [-0.3, -0.25) is 4.79 Å². The molecule has 0 aromatic heterocycles. The fourth-order valence-corrected chi connectivity index (χ4v) is 4.84. The van der Waals surface area contributed by atoms with Gasteiger partial charge in [-0.15, -0.1) is 0 Å². The molecule has 0 aromatic rings. The molecule has 21 heavy (non-hydrogen) atoms. The van der Waals surface area contributed by atoms with Crippen LogP contribution in [-0.2, 0) is 4.79 Å². The van der Waals surface area contributed by atoms with Crippen LogP contribution < -0.4 is 0 Å². The van der Waals surface area contributed by atoms with E-state index in [9.17, 15) is 9.90 Å². The van der Waals surface area contributed by atoms with E-state index in [-0.39, 0.29) is 12.0 Å². The summed E-state index contributed by atoms with van der Waals surface area (Å²) in [6.07, 6.45) is 11.1. The van der Waals surface area contributed by atoms with Gasteiger partial charge in [-0.25, -0.2) is 0 Å². The van der Waals surface area contributed by atoms with Gasteiger partial charge in [0.2, 0.25) is 5.91 Å². The molecule has 0 radical (unpaired) electrons. The minimum Gasteiger partial charge on any atom is -0.393 e. The monoisotopic (exact) mass is 293 g/mol. The number of likely N-dealkylation sites (tertiary alicyclic amines) is 1. The summed E-state index contributed by atoms with van der Waals surface area (Å²) in [6, 6.07) is 0.322. The second kappa shape index (κ2) is 6.68. The zero-order valence-electron chi connectivity index (χ0n) is 13.5. The number of hydrogen-bond donors (Lipinski definition) is 1. The summed E-state index contributed by atoms with van der Waals surface area (Å²) < 4.78 is 0. The van der Waals surface area contributed by atoms with E-state index in [2.05, 4.69) is 11.8 Å². The molecule has 1 saturated heterocycles. The summed E-state index contributed by atoms with van der Waals surface area (Å²) in [5.74, 6) is 1.81. The lowest BCUT2D eigenvalue weighted by Gasteiger charge is -2.42. The number of rotatable bonds is 2. The van der Waals surface area contributed by atoms with Crippen LogP contribution in [0.25, 0.3) is 0 Å². The normalized spacial score (nSPS) is 41.2. The van der Waals surface area contributed by atoms with Crippen molar-refractivity contribution in [3.63, 3.8) is 0 Å². The van der Waals surface area contributed by atoms with Crippen molar-refractivity contribution in [1.29, 1.82) is 0 Å². The van der Waals surface area contributed by atoms with Gasteiger partial charge in [-0.05, 0) is 63.7 Å². The third-order valence-electron chi connectivity index (χ3n) is 6.22. The molecule has 2 saturated carbocycles. The van der Waals surface area contributed by atoms with Crippen molar-refractivity contribution in [1.82, 2.24) is 4.90 Å². The van der Waals surface area contributed by atoms with Gasteiger partial charge in [0, 0.05) is 24.4 Å². The van der Waals surface area contributed by atoms with Gasteiger partial charge in [-0.2, -0.15) is 0 Å². The fraction of sp³-hybridized carbons (Fsp3) is 0.944. The molecule has 120 valence electrons. The Kier molecular flexibility index (Phi) is 4.88. The summed E-state index contributed by atoms with van der Waals surface area (Å²) in [4.78, 5) is 15.2. The van der Waals surface area contributed by atoms with Crippen molar-refractivity contribution < 1.29 is 9.90 Å². The van der Waals surface area contributed by atoms with Gasteiger partial charge in [-0.1, -0.05) is 13.3 Å². The van der Waals surface area contributed by atoms with Crippen LogP contribution in [0.2, 0.25) is 0 Å². The van der Waals surface area contributed by atoms with Crippen LogP contribution in [0.5, 0.6) is 0 Å². The van der Waals surface area contributed by atoms with Crippen molar-refractivity contribution in [2.45, 2.75) is 83.3 Å². The maximum atomic E-state index is 13.0. The Hall–Kier alpha value is -0.570. The molecule has 3 heteroatoms. The highest BCUT2D eigenvalue weighted by molar-refractivity contribution is 5.79. The number of amides is 1. The molecular weight excluding hydrogens is 262 g/mol. The van der Waals surface area contributed by atoms with Crippen LogP contribution in [0.15, 0.2) is 0 Å². The van der Waals surface area contributed by atoms with Gasteiger partial charge in [0.05, 0.1) is 6.10 Å². The Morgan fingerprint density at radius 1 is 0.952 bits per heavy atom. The Bertz CT molecular complexity index is 362. The lowest BCUT2D eigenvalue weighted by atomic mass is 9.80. The van der Waals surface area contributed by atoms with Crippen molar-refractivity contribution in [2.75, 3.05) is 6.54 Å². The molecule has 1 aliphatic heterocycles. The van der Waals surface area contributed by atoms with Crippen LogP contribution in [0, 0.1) is 17.8 Å². The van der Waals surface area contributed by atoms with Crippen LogP contribution in [0.4, 0.5) is 0 Å². The minimum atomic E-state index is -0.172. The second-order valence-corrected chi connectivity index (χ2v) is 7.71. The molecule has 2 aliphatic carbocycles. The Labute approximate surface area is 129 Å². The molecule has 1 heterocycles. The van der Waals surface area contributed by atoms with Crippen molar-refractivity contribution in [2.24, 2.45) is 17.8 Å². The number of nitrogens with zero attached hydrogens (tertiary/aromatic N) is 1. The third kappa shape index (κ3) is 3.28. The first-order valence-corrected chi connectivity index (χ1v) is 9.15. The molecule has 0 aromatic carbocycles. The van der Waals surface area contributed by atoms with Crippen molar-refractivity contribution in [3.05, 3.63) is 0 Å². The van der Waals surface area contributed by atoms with E-state index in [4.69, 9.17) is 0 Å². The first-order chi connectivity index (χ1) is 10.2. The average Bonchev–Trinajstić information content (AvgIpc) is 2.93. The number of hydrogen-bond acceptors (Lipinski definition) is 2. The highest BCUT2D eigenvalue weighted by Gasteiger charge is 2.40. The van der Waals surface area contributed by atoms with Crippen LogP contribution >= 0.6 is 0 Å². The number of piperidine rings is 1. The first kappa shape index (κ1) is 15.3. The van der Waals surface area contributed by atoms with E-state index in [1.165, 1.54) is 19.3 Å². The SMILES string of the molecule is CC1CCC(C(=O)N2CCCCC2C2CCCC2O)CC1. The van der Waals surface area contributed by atoms with E-state index in [0.717, 1.165) is 57.4 Å². The summed E-state index contributed by atoms with van der Waals surface area (Å²) in [7, 11) is 0. The molecule has 3 rings (SSSR count). The van der Waals surface area contributed by atoms with Crippen LogP contribution in [0.1, 0.15) is 71.1 Å². The van der Waals surface area contributed by atoms with Gasteiger partial charge in [0.1, 0.15) is 0 Å². The molecule has 3 aliphatic rings. The highest BCUT2D eigenvalue weighted by atomic mass is 16.3. The molecule has 3 unspecified atom stereocenters. The minimum absolute atomic E-state index is 0.172. The molecule has 1 N–H and O–H groups in total. The average molecular weight is 293 g/mol. The van der Waals surface area contributed by atoms with Gasteiger partial charge >= 0.3 is 0 Å². The van der Waals surface area contributed by atoms with E-state index in [1.54, 1.807) is 0 Å². The van der Waals surface area contributed by atoms with Crippen molar-refractivity contribution >= 4 is 5.91 Å². The van der Waals surface area contributed by atoms with Gasteiger partial charge < -0.3 is 10.0 Å². The molecule has 1 amide bonds. The standard InChI is InChI=1S/C18H31NO2/c1-13-8-10-14(11-9-13)18(21)19-12-3-2-6-16(19)15-5-4-7-17(15)20/h13-17,20H,2-12H2,1H3. The van der Waals surface area contributed by atoms with E-state index in [1.807, 2.05) is 0 Å². The molecular formula is C18H31NO2. The maximum absolute atomic E-state index is 13.0. The second-order valence-electron chi connectivity index (χ2n) is 7.71. The van der Waals surface area contributed by atoms with Gasteiger partial charge in [0.15, 0.2) is 0 Å². The maximum Gasteiger partial charge on any atom is 0.225 e. The quantitative estimate of drug-likeness (QED) is 0.848. The van der Waals surface area contributed by atoms with Gasteiger partial charge in [0.25, 0.3) is 0 Å². The largest absolute Gasteiger partial charge is 0.393 e. The Balaban J connectivity index is 1.67. The zero-order valence-corrected chi connectivity index (χ0v) is 13.5. The fourth-order valence-electron chi connectivity index (χ4n) is 4.84. The number of aliphatic hydroxyl groups is 1. The first-order valence-electron chi connectivity index (χ1n) is 9.15.